The Bertz CT molecular complexity index is 766. The molecule has 3 rings (SSSR count). The van der Waals surface area contributed by atoms with Crippen molar-refractivity contribution in [3.8, 4) is 0 Å². The molecule has 1 aromatic heterocycles. The number of hydrogen-bond donors (Lipinski definition) is 3. The maximum absolute atomic E-state index is 12.4. The number of anilines is 1. The van der Waals surface area contributed by atoms with Crippen LogP contribution in [-0.4, -0.2) is 52.9 Å². The molecular weight excluding hydrogens is 330 g/mol. The molecule has 3 N–H and O–H groups in total. The summed E-state index contributed by atoms with van der Waals surface area (Å²) in [7, 11) is 3.78. The quantitative estimate of drug-likeness (QED) is 0.758. The number of rotatable bonds is 5. The van der Waals surface area contributed by atoms with Crippen LogP contribution in [0.1, 0.15) is 46.1 Å². The third-order valence-corrected chi connectivity index (χ3v) is 4.94. The van der Waals surface area contributed by atoms with Crippen LogP contribution in [0, 0.1) is 19.8 Å². The van der Waals surface area contributed by atoms with Gasteiger partial charge in [0.05, 0.1) is 6.10 Å². The van der Waals surface area contributed by atoms with Crippen LogP contribution in [0.25, 0.3) is 0 Å². The number of hydrogen-bond acceptors (Lipinski definition) is 5. The maximum atomic E-state index is 12.4. The molecule has 0 bridgehead atoms. The van der Waals surface area contributed by atoms with Gasteiger partial charge in [-0.1, -0.05) is 17.2 Å². The molecule has 1 aliphatic rings. The van der Waals surface area contributed by atoms with E-state index in [1.165, 1.54) is 0 Å². The Kier molecular flexibility index (Phi) is 5.27. The van der Waals surface area contributed by atoms with Crippen molar-refractivity contribution in [3.05, 3.63) is 40.7 Å². The van der Waals surface area contributed by atoms with Crippen molar-refractivity contribution < 1.29 is 9.90 Å². The van der Waals surface area contributed by atoms with Crippen molar-refractivity contribution in [2.24, 2.45) is 5.92 Å². The molecule has 1 amide bonds. The molecule has 7 nitrogen and oxygen atoms in total. The first-order valence-electron chi connectivity index (χ1n) is 8.97. The topological polar surface area (TPSA) is 94.1 Å². The number of H-pyrrole nitrogens is 1. The Labute approximate surface area is 153 Å². The standard InChI is InChI=1S/C19H27N5O2/c1-11-5-12(2)7-14(6-11)18(26)20-10-15-8-13(9-16(15)25)17-21-19(23-22-17)24(3)4/h5-7,13,15-16,25H,8-10H2,1-4H3,(H,20,26)(H,21,22,23)/t13-,15+,16+/m0/s1. The summed E-state index contributed by atoms with van der Waals surface area (Å²) >= 11 is 0. The minimum atomic E-state index is -0.451. The highest BCUT2D eigenvalue weighted by Gasteiger charge is 2.35. The predicted molar refractivity (Wildman–Crippen MR) is 100 cm³/mol. The van der Waals surface area contributed by atoms with Crippen LogP contribution in [0.4, 0.5) is 5.95 Å². The van der Waals surface area contributed by atoms with E-state index >= 15 is 0 Å². The van der Waals surface area contributed by atoms with Crippen molar-refractivity contribution in [1.29, 1.82) is 0 Å². The lowest BCUT2D eigenvalue weighted by molar-refractivity contribution is 0.0916. The molecule has 1 fully saturated rings. The zero-order valence-corrected chi connectivity index (χ0v) is 15.8. The number of aliphatic hydroxyl groups is 1. The van der Waals surface area contributed by atoms with Gasteiger partial charge < -0.3 is 15.3 Å². The van der Waals surface area contributed by atoms with E-state index in [0.717, 1.165) is 23.4 Å². The Balaban J connectivity index is 1.59. The second-order valence-electron chi connectivity index (χ2n) is 7.50. The van der Waals surface area contributed by atoms with E-state index in [0.29, 0.717) is 24.5 Å². The maximum Gasteiger partial charge on any atom is 0.251 e. The summed E-state index contributed by atoms with van der Waals surface area (Å²) < 4.78 is 0. The summed E-state index contributed by atoms with van der Waals surface area (Å²) in [5.74, 6) is 1.50. The van der Waals surface area contributed by atoms with Gasteiger partial charge in [-0.05, 0) is 38.8 Å². The van der Waals surface area contributed by atoms with Crippen molar-refractivity contribution in [3.63, 3.8) is 0 Å². The van der Waals surface area contributed by atoms with Gasteiger partial charge >= 0.3 is 0 Å². The van der Waals surface area contributed by atoms with E-state index < -0.39 is 6.10 Å². The van der Waals surface area contributed by atoms with Crippen molar-refractivity contribution in [1.82, 2.24) is 20.5 Å². The van der Waals surface area contributed by atoms with Gasteiger partial charge in [-0.3, -0.25) is 9.89 Å². The highest BCUT2D eigenvalue weighted by atomic mass is 16.3. The number of aromatic nitrogens is 3. The van der Waals surface area contributed by atoms with Crippen molar-refractivity contribution in [2.75, 3.05) is 25.5 Å². The summed E-state index contributed by atoms with van der Waals surface area (Å²) in [4.78, 5) is 18.7. The molecule has 1 aromatic carbocycles. The van der Waals surface area contributed by atoms with Crippen LogP contribution in [0.3, 0.4) is 0 Å². The monoisotopic (exact) mass is 357 g/mol. The van der Waals surface area contributed by atoms with E-state index in [1.807, 2.05) is 51.0 Å². The van der Waals surface area contributed by atoms with Crippen molar-refractivity contribution >= 4 is 11.9 Å². The van der Waals surface area contributed by atoms with Crippen LogP contribution < -0.4 is 10.2 Å². The lowest BCUT2D eigenvalue weighted by Gasteiger charge is -2.15. The SMILES string of the molecule is Cc1cc(C)cc(C(=O)NC[C@H]2C[C@H](c3nc(N(C)C)n[nH]3)C[C@H]2O)c1. The van der Waals surface area contributed by atoms with E-state index in [2.05, 4.69) is 20.5 Å². The second-order valence-corrected chi connectivity index (χ2v) is 7.50. The van der Waals surface area contributed by atoms with E-state index in [-0.39, 0.29) is 17.7 Å². The average molecular weight is 357 g/mol. The number of carbonyl (C=O) groups is 1. The smallest absolute Gasteiger partial charge is 0.251 e. The molecule has 2 aromatic rings. The summed E-state index contributed by atoms with van der Waals surface area (Å²) in [5, 5.41) is 20.5. The third kappa shape index (κ3) is 4.04. The van der Waals surface area contributed by atoms with Crippen LogP contribution in [0.15, 0.2) is 18.2 Å². The fraction of sp³-hybridized carbons (Fsp3) is 0.526. The number of benzene rings is 1. The number of aromatic amines is 1. The van der Waals surface area contributed by atoms with Gasteiger partial charge in [0.25, 0.3) is 5.91 Å². The third-order valence-electron chi connectivity index (χ3n) is 4.94. The molecule has 1 saturated carbocycles. The zero-order valence-electron chi connectivity index (χ0n) is 15.8. The first-order valence-corrected chi connectivity index (χ1v) is 8.97. The van der Waals surface area contributed by atoms with Crippen LogP contribution in [-0.2, 0) is 0 Å². The predicted octanol–water partition coefficient (Wildman–Crippen LogP) is 1.77. The molecule has 0 saturated heterocycles. The van der Waals surface area contributed by atoms with Gasteiger partial charge in [0.2, 0.25) is 5.95 Å². The fourth-order valence-corrected chi connectivity index (χ4v) is 3.62. The van der Waals surface area contributed by atoms with Gasteiger partial charge in [0.1, 0.15) is 5.82 Å². The van der Waals surface area contributed by atoms with Crippen molar-refractivity contribution in [2.45, 2.75) is 38.7 Å². The minimum Gasteiger partial charge on any atom is -0.393 e. The van der Waals surface area contributed by atoms with Gasteiger partial charge in [-0.2, -0.15) is 4.98 Å². The molecule has 26 heavy (non-hydrogen) atoms. The summed E-state index contributed by atoms with van der Waals surface area (Å²) in [6.45, 7) is 4.42. The number of amides is 1. The number of nitrogens with zero attached hydrogens (tertiary/aromatic N) is 3. The van der Waals surface area contributed by atoms with Crippen LogP contribution >= 0.6 is 0 Å². The number of carbonyl (C=O) groups excluding carboxylic acids is 1. The van der Waals surface area contributed by atoms with E-state index in [4.69, 9.17) is 0 Å². The molecule has 0 radical (unpaired) electrons. The molecular formula is C19H27N5O2. The van der Waals surface area contributed by atoms with E-state index in [9.17, 15) is 9.90 Å². The lowest BCUT2D eigenvalue weighted by atomic mass is 10.0. The first-order chi connectivity index (χ1) is 12.3. The molecule has 0 spiro atoms. The molecule has 0 unspecified atom stereocenters. The molecule has 140 valence electrons. The Morgan fingerprint density at radius 3 is 2.58 bits per heavy atom. The van der Waals surface area contributed by atoms with Gasteiger partial charge in [-0.15, -0.1) is 5.10 Å². The molecule has 1 aliphatic carbocycles. The normalized spacial score (nSPS) is 22.4. The molecule has 3 atom stereocenters. The Hall–Kier alpha value is -2.41. The second kappa shape index (κ2) is 7.45. The highest BCUT2D eigenvalue weighted by molar-refractivity contribution is 5.94. The minimum absolute atomic E-state index is 0.0164. The van der Waals surface area contributed by atoms with Crippen LogP contribution in [0.2, 0.25) is 0 Å². The van der Waals surface area contributed by atoms with Gasteiger partial charge in [0, 0.05) is 38.0 Å². The first kappa shape index (κ1) is 18.4. The molecule has 7 heteroatoms. The lowest BCUT2D eigenvalue weighted by Crippen LogP contribution is -2.32. The highest BCUT2D eigenvalue weighted by Crippen LogP contribution is 2.37. The number of aliphatic hydroxyl groups excluding tert-OH is 1. The largest absolute Gasteiger partial charge is 0.393 e. The molecule has 1 heterocycles. The summed E-state index contributed by atoms with van der Waals surface area (Å²) in [5.41, 5.74) is 2.80. The van der Waals surface area contributed by atoms with Gasteiger partial charge in [-0.25, -0.2) is 0 Å². The van der Waals surface area contributed by atoms with Crippen LogP contribution in [0.5, 0.6) is 0 Å². The number of nitrogens with one attached hydrogen (secondary N) is 2. The fourth-order valence-electron chi connectivity index (χ4n) is 3.62. The summed E-state index contributed by atoms with van der Waals surface area (Å²) in [6.07, 6.45) is 0.954. The van der Waals surface area contributed by atoms with Gasteiger partial charge in [0.15, 0.2) is 0 Å². The summed E-state index contributed by atoms with van der Waals surface area (Å²) in [6, 6.07) is 5.81. The molecule has 0 aliphatic heterocycles. The number of aryl methyl sites for hydroxylation is 2. The average Bonchev–Trinajstić information content (AvgIpc) is 3.18. The van der Waals surface area contributed by atoms with E-state index in [1.54, 1.807) is 0 Å². The Morgan fingerprint density at radius 1 is 1.27 bits per heavy atom. The Morgan fingerprint density at radius 2 is 1.96 bits per heavy atom. The zero-order chi connectivity index (χ0) is 18.8.